The van der Waals surface area contributed by atoms with Gasteiger partial charge >= 0.3 is 0 Å². The zero-order valence-corrected chi connectivity index (χ0v) is 13.0. The normalized spacial score (nSPS) is 10.9. The van der Waals surface area contributed by atoms with Gasteiger partial charge in [-0.1, -0.05) is 36.4 Å². The minimum absolute atomic E-state index is 0.185. The molecule has 0 saturated heterocycles. The molecule has 22 heavy (non-hydrogen) atoms. The van der Waals surface area contributed by atoms with E-state index in [1.54, 1.807) is 0 Å². The van der Waals surface area contributed by atoms with Gasteiger partial charge < -0.3 is 20.5 Å². The van der Waals surface area contributed by atoms with Crippen LogP contribution in [0.25, 0.3) is 0 Å². The summed E-state index contributed by atoms with van der Waals surface area (Å²) in [6.07, 6.45) is 0.902. The Hall–Kier alpha value is -2.04. The number of hydrogen-bond acceptors (Lipinski definition) is 4. The third-order valence-electron chi connectivity index (χ3n) is 3.58. The van der Waals surface area contributed by atoms with E-state index < -0.39 is 0 Å². The molecule has 3 N–H and O–H groups in total. The molecule has 0 amide bonds. The maximum absolute atomic E-state index is 8.89. The van der Waals surface area contributed by atoms with E-state index >= 15 is 0 Å². The molecule has 2 aromatic rings. The summed E-state index contributed by atoms with van der Waals surface area (Å²) in [4.78, 5) is 2.09. The molecule has 2 aromatic carbocycles. The second-order valence-corrected chi connectivity index (χ2v) is 5.42. The van der Waals surface area contributed by atoms with Gasteiger partial charge in [0.1, 0.15) is 12.4 Å². The summed E-state index contributed by atoms with van der Waals surface area (Å²) in [6, 6.07) is 16.0. The second kappa shape index (κ2) is 8.41. The number of nitrogens with zero attached hydrogens (tertiary/aromatic N) is 1. The molecule has 2 rings (SSSR count). The molecular formula is C18H24N2O2. The molecule has 118 valence electrons. The van der Waals surface area contributed by atoms with Gasteiger partial charge in [-0.15, -0.1) is 0 Å². The van der Waals surface area contributed by atoms with Crippen molar-refractivity contribution < 1.29 is 9.84 Å². The number of nitrogen functional groups attached to an aromatic ring is 1. The number of nitrogens with two attached hydrogens (primary N) is 1. The molecule has 0 saturated carbocycles. The number of likely N-dealkylation sites (N-methyl/N-ethyl adjacent to an activating group) is 1. The number of anilines is 1. The van der Waals surface area contributed by atoms with Gasteiger partial charge in [-0.3, -0.25) is 0 Å². The Kier molecular flexibility index (Phi) is 6.25. The van der Waals surface area contributed by atoms with Gasteiger partial charge in [0.2, 0.25) is 0 Å². The summed E-state index contributed by atoms with van der Waals surface area (Å²) >= 11 is 0. The number of benzene rings is 2. The molecule has 0 heterocycles. The van der Waals surface area contributed by atoms with Crippen LogP contribution in [0.5, 0.6) is 5.75 Å². The smallest absolute Gasteiger partial charge is 0.142 e. The van der Waals surface area contributed by atoms with Crippen LogP contribution < -0.4 is 10.5 Å². The van der Waals surface area contributed by atoms with Crippen LogP contribution in [0.2, 0.25) is 0 Å². The van der Waals surface area contributed by atoms with E-state index in [1.165, 1.54) is 5.56 Å². The molecule has 0 atom stereocenters. The molecule has 0 aliphatic heterocycles. The fourth-order valence-electron chi connectivity index (χ4n) is 2.22. The van der Waals surface area contributed by atoms with E-state index in [1.807, 2.05) is 55.6 Å². The summed E-state index contributed by atoms with van der Waals surface area (Å²) in [5.41, 5.74) is 9.03. The molecule has 0 aliphatic carbocycles. The lowest BCUT2D eigenvalue weighted by molar-refractivity contribution is 0.223. The van der Waals surface area contributed by atoms with Gasteiger partial charge in [-0.05, 0) is 36.7 Å². The quantitative estimate of drug-likeness (QED) is 0.735. The fourth-order valence-corrected chi connectivity index (χ4v) is 2.22. The van der Waals surface area contributed by atoms with Crippen molar-refractivity contribution >= 4 is 5.69 Å². The molecule has 0 aromatic heterocycles. The van der Waals surface area contributed by atoms with Crippen LogP contribution in [0.4, 0.5) is 5.69 Å². The average molecular weight is 300 g/mol. The number of hydrogen-bond donors (Lipinski definition) is 2. The van der Waals surface area contributed by atoms with Gasteiger partial charge in [-0.2, -0.15) is 0 Å². The number of aliphatic hydroxyl groups is 1. The van der Waals surface area contributed by atoms with Crippen LogP contribution in [0.1, 0.15) is 11.1 Å². The molecule has 0 radical (unpaired) electrons. The summed E-state index contributed by atoms with van der Waals surface area (Å²) in [5, 5.41) is 8.89. The first-order valence-electron chi connectivity index (χ1n) is 7.53. The third-order valence-corrected chi connectivity index (χ3v) is 3.58. The number of rotatable bonds is 8. The van der Waals surface area contributed by atoms with Crippen LogP contribution >= 0.6 is 0 Å². The lowest BCUT2D eigenvalue weighted by Gasteiger charge is -2.15. The Labute approximate surface area is 132 Å². The van der Waals surface area contributed by atoms with Gasteiger partial charge in [0.25, 0.3) is 0 Å². The SMILES string of the molecule is CN(CCO)CCc1ccc(OCc2ccccc2)c(N)c1. The van der Waals surface area contributed by atoms with Crippen molar-refractivity contribution in [2.24, 2.45) is 0 Å². The van der Waals surface area contributed by atoms with E-state index in [9.17, 15) is 0 Å². The Balaban J connectivity index is 1.89. The molecular weight excluding hydrogens is 276 g/mol. The Morgan fingerprint density at radius 2 is 1.82 bits per heavy atom. The third kappa shape index (κ3) is 5.06. The van der Waals surface area contributed by atoms with Crippen LogP contribution in [0.15, 0.2) is 48.5 Å². The molecule has 4 heteroatoms. The van der Waals surface area contributed by atoms with Gasteiger partial charge in [0.15, 0.2) is 0 Å². The highest BCUT2D eigenvalue weighted by atomic mass is 16.5. The first kappa shape index (κ1) is 16.3. The van der Waals surface area contributed by atoms with E-state index in [4.69, 9.17) is 15.6 Å². The lowest BCUT2D eigenvalue weighted by Crippen LogP contribution is -2.24. The highest BCUT2D eigenvalue weighted by Gasteiger charge is 2.04. The topological polar surface area (TPSA) is 58.7 Å². The van der Waals surface area contributed by atoms with Crippen LogP contribution in [0.3, 0.4) is 0 Å². The minimum Gasteiger partial charge on any atom is -0.487 e. The molecule has 0 bridgehead atoms. The predicted molar refractivity (Wildman–Crippen MR) is 89.9 cm³/mol. The Morgan fingerprint density at radius 1 is 1.05 bits per heavy atom. The number of ether oxygens (including phenoxy) is 1. The van der Waals surface area contributed by atoms with Crippen molar-refractivity contribution in [3.05, 3.63) is 59.7 Å². The van der Waals surface area contributed by atoms with E-state index in [-0.39, 0.29) is 6.61 Å². The zero-order chi connectivity index (χ0) is 15.8. The molecule has 0 spiro atoms. The van der Waals surface area contributed by atoms with Crippen molar-refractivity contribution in [1.82, 2.24) is 4.90 Å². The first-order chi connectivity index (χ1) is 10.7. The molecule has 4 nitrogen and oxygen atoms in total. The van der Waals surface area contributed by atoms with Crippen molar-refractivity contribution in [3.8, 4) is 5.75 Å². The van der Waals surface area contributed by atoms with E-state index in [2.05, 4.69) is 4.90 Å². The highest BCUT2D eigenvalue weighted by molar-refractivity contribution is 5.54. The van der Waals surface area contributed by atoms with Crippen molar-refractivity contribution in [2.75, 3.05) is 32.5 Å². The van der Waals surface area contributed by atoms with Gasteiger partial charge in [0, 0.05) is 13.1 Å². The monoisotopic (exact) mass is 300 g/mol. The Morgan fingerprint density at radius 3 is 2.50 bits per heavy atom. The van der Waals surface area contributed by atoms with Crippen LogP contribution in [-0.2, 0) is 13.0 Å². The van der Waals surface area contributed by atoms with E-state index in [0.717, 1.165) is 24.3 Å². The highest BCUT2D eigenvalue weighted by Crippen LogP contribution is 2.24. The summed E-state index contributed by atoms with van der Waals surface area (Å²) in [5.74, 6) is 0.719. The predicted octanol–water partition coefficient (Wildman–Crippen LogP) is 2.31. The van der Waals surface area contributed by atoms with Crippen LogP contribution in [0, 0.1) is 0 Å². The van der Waals surface area contributed by atoms with Crippen molar-refractivity contribution in [2.45, 2.75) is 13.0 Å². The summed E-state index contributed by atoms with van der Waals surface area (Å²) < 4.78 is 5.77. The Bertz CT molecular complexity index is 573. The maximum Gasteiger partial charge on any atom is 0.142 e. The average Bonchev–Trinajstić information content (AvgIpc) is 2.53. The van der Waals surface area contributed by atoms with Crippen molar-refractivity contribution in [3.63, 3.8) is 0 Å². The largest absolute Gasteiger partial charge is 0.487 e. The lowest BCUT2D eigenvalue weighted by atomic mass is 10.1. The number of aliphatic hydroxyl groups excluding tert-OH is 1. The van der Waals surface area contributed by atoms with Gasteiger partial charge in [-0.25, -0.2) is 0 Å². The zero-order valence-electron chi connectivity index (χ0n) is 13.0. The van der Waals surface area contributed by atoms with Gasteiger partial charge in [0.05, 0.1) is 12.3 Å². The minimum atomic E-state index is 0.185. The first-order valence-corrected chi connectivity index (χ1v) is 7.53. The van der Waals surface area contributed by atoms with E-state index in [0.29, 0.717) is 18.8 Å². The fraction of sp³-hybridized carbons (Fsp3) is 0.333. The summed E-state index contributed by atoms with van der Waals surface area (Å²) in [7, 11) is 2.00. The molecule has 0 aliphatic rings. The summed E-state index contributed by atoms with van der Waals surface area (Å²) in [6.45, 7) is 2.28. The van der Waals surface area contributed by atoms with Crippen molar-refractivity contribution in [1.29, 1.82) is 0 Å². The maximum atomic E-state index is 8.89. The standard InChI is InChI=1S/C18H24N2O2/c1-20(11-12-21)10-9-15-7-8-18(17(19)13-15)22-14-16-5-3-2-4-6-16/h2-8,13,21H,9-12,14,19H2,1H3. The van der Waals surface area contributed by atoms with Crippen LogP contribution in [-0.4, -0.2) is 36.8 Å². The molecule has 0 unspecified atom stereocenters. The molecule has 0 fully saturated rings. The second-order valence-electron chi connectivity index (χ2n) is 5.42.